The molecule has 134 valence electrons. The quantitative estimate of drug-likeness (QED) is 0.674. The van der Waals surface area contributed by atoms with Crippen LogP contribution < -0.4 is 4.74 Å². The van der Waals surface area contributed by atoms with Crippen LogP contribution in [0.25, 0.3) is 0 Å². The van der Waals surface area contributed by atoms with Gasteiger partial charge >= 0.3 is 5.97 Å². The van der Waals surface area contributed by atoms with E-state index in [0.29, 0.717) is 30.6 Å². The van der Waals surface area contributed by atoms with Gasteiger partial charge in [0.05, 0.1) is 24.2 Å². The van der Waals surface area contributed by atoms with Gasteiger partial charge in [-0.1, -0.05) is 12.5 Å². The largest absolute Gasteiger partial charge is 0.497 e. The van der Waals surface area contributed by atoms with Crippen LogP contribution in [0, 0.1) is 11.8 Å². The Kier molecular flexibility index (Phi) is 4.69. The average molecular weight is 344 g/mol. The second kappa shape index (κ2) is 6.64. The van der Waals surface area contributed by atoms with E-state index in [4.69, 9.17) is 9.47 Å². The Morgan fingerprint density at radius 3 is 2.60 bits per heavy atom. The van der Waals surface area contributed by atoms with Gasteiger partial charge in [0.1, 0.15) is 17.6 Å². The number of Topliss-reactive ketones (excluding diaryl/α,β-unsaturated/α-hetero) is 1. The molecule has 0 spiro atoms. The predicted octanol–water partition coefficient (Wildman–Crippen LogP) is 2.92. The number of ether oxygens (including phenoxy) is 2. The summed E-state index contributed by atoms with van der Waals surface area (Å²) in [5.41, 5.74) is 0.296. The van der Waals surface area contributed by atoms with E-state index >= 15 is 0 Å². The minimum absolute atomic E-state index is 0.0338. The van der Waals surface area contributed by atoms with Crippen molar-refractivity contribution in [3.8, 4) is 5.75 Å². The van der Waals surface area contributed by atoms with Gasteiger partial charge in [0.15, 0.2) is 0 Å². The fourth-order valence-electron chi connectivity index (χ4n) is 3.94. The van der Waals surface area contributed by atoms with E-state index in [9.17, 15) is 14.7 Å². The van der Waals surface area contributed by atoms with Gasteiger partial charge in [-0.25, -0.2) is 4.79 Å². The van der Waals surface area contributed by atoms with Gasteiger partial charge in [0.2, 0.25) is 0 Å². The van der Waals surface area contributed by atoms with Crippen molar-refractivity contribution in [3.05, 3.63) is 41.5 Å². The zero-order chi connectivity index (χ0) is 18.2. The number of benzene rings is 1. The van der Waals surface area contributed by atoms with Crippen molar-refractivity contribution < 1.29 is 24.2 Å². The summed E-state index contributed by atoms with van der Waals surface area (Å²) in [6.07, 6.45) is 2.62. The first kappa shape index (κ1) is 17.7. The molecule has 1 aromatic rings. The lowest BCUT2D eigenvalue weighted by molar-refractivity contribution is -0.130. The van der Waals surface area contributed by atoms with Gasteiger partial charge < -0.3 is 14.6 Å². The molecule has 0 bridgehead atoms. The van der Waals surface area contributed by atoms with Crippen LogP contribution in [0.4, 0.5) is 0 Å². The molecule has 0 radical (unpaired) electrons. The molecule has 3 rings (SSSR count). The van der Waals surface area contributed by atoms with Gasteiger partial charge in [-0.15, -0.1) is 0 Å². The van der Waals surface area contributed by atoms with Crippen LogP contribution in [0.2, 0.25) is 0 Å². The number of carbonyl (C=O) groups is 2. The minimum atomic E-state index is -1.11. The first-order valence-electron chi connectivity index (χ1n) is 8.62. The van der Waals surface area contributed by atoms with Crippen molar-refractivity contribution in [3.63, 3.8) is 0 Å². The molecule has 0 aromatic heterocycles. The van der Waals surface area contributed by atoms with E-state index in [-0.39, 0.29) is 11.7 Å². The van der Waals surface area contributed by atoms with Crippen LogP contribution in [0.5, 0.6) is 5.75 Å². The topological polar surface area (TPSA) is 72.8 Å². The van der Waals surface area contributed by atoms with E-state index in [1.54, 1.807) is 31.4 Å². The van der Waals surface area contributed by atoms with Crippen LogP contribution in [-0.4, -0.2) is 35.7 Å². The molecule has 5 nitrogen and oxygen atoms in total. The van der Waals surface area contributed by atoms with E-state index < -0.39 is 23.6 Å². The third-order valence-electron chi connectivity index (χ3n) is 5.51. The Bertz CT molecular complexity index is 705. The van der Waals surface area contributed by atoms with Crippen LogP contribution in [0.1, 0.15) is 43.5 Å². The zero-order valence-corrected chi connectivity index (χ0v) is 14.8. The molecule has 0 aliphatic heterocycles. The van der Waals surface area contributed by atoms with Gasteiger partial charge in [0.25, 0.3) is 0 Å². The number of aliphatic hydroxyl groups is 1. The number of hydrogen-bond donors (Lipinski definition) is 1. The third-order valence-corrected chi connectivity index (χ3v) is 5.51. The monoisotopic (exact) mass is 344 g/mol. The summed E-state index contributed by atoms with van der Waals surface area (Å²) in [7, 11) is 1.56. The van der Waals surface area contributed by atoms with Crippen molar-refractivity contribution in [1.29, 1.82) is 0 Å². The molecule has 0 amide bonds. The summed E-state index contributed by atoms with van der Waals surface area (Å²) in [4.78, 5) is 25.0. The second-order valence-corrected chi connectivity index (χ2v) is 7.15. The van der Waals surface area contributed by atoms with Crippen LogP contribution in [-0.2, 0) is 9.53 Å². The molecule has 25 heavy (non-hydrogen) atoms. The molecule has 1 fully saturated rings. The highest BCUT2D eigenvalue weighted by Crippen LogP contribution is 2.46. The van der Waals surface area contributed by atoms with Crippen molar-refractivity contribution in [2.45, 2.75) is 44.8 Å². The normalized spacial score (nSPS) is 31.8. The van der Waals surface area contributed by atoms with Crippen LogP contribution >= 0.6 is 0 Å². The molecular formula is C20H24O5. The van der Waals surface area contributed by atoms with Crippen molar-refractivity contribution in [2.75, 3.05) is 7.11 Å². The van der Waals surface area contributed by atoms with E-state index in [1.165, 1.54) is 0 Å². The summed E-state index contributed by atoms with van der Waals surface area (Å²) in [6, 6.07) is 6.62. The fraction of sp³-hybridized carbons (Fsp3) is 0.500. The molecule has 5 heteroatoms. The summed E-state index contributed by atoms with van der Waals surface area (Å²) in [5, 5.41) is 11.1. The number of methoxy groups -OCH3 is 1. The molecule has 1 saturated carbocycles. The average Bonchev–Trinajstić information content (AvgIpc) is 2.72. The smallest absolute Gasteiger partial charge is 0.338 e. The standard InChI is InChI=1S/C20H24O5/c1-12-8-9-20(23)13(2)11-16(21)18(20)17(10-12)25-19(22)14-4-6-15(24-3)7-5-14/h4-7,10,13,17-18,23H,8-9,11H2,1-3H3/t13-,17-,18+,20-/m0/s1. The Labute approximate surface area is 147 Å². The molecule has 2 aliphatic rings. The number of ketones is 1. The lowest BCUT2D eigenvalue weighted by Gasteiger charge is -2.34. The molecular weight excluding hydrogens is 320 g/mol. The molecule has 1 N–H and O–H groups in total. The first-order valence-corrected chi connectivity index (χ1v) is 8.62. The Hall–Kier alpha value is -2.14. The SMILES string of the molecule is COc1ccc(C(=O)O[C@H]2C=C(C)CC[C@@]3(O)[C@@H]2C(=O)C[C@@H]3C)cc1. The number of carbonyl (C=O) groups excluding carboxylic acids is 2. The number of esters is 1. The zero-order valence-electron chi connectivity index (χ0n) is 14.8. The Morgan fingerprint density at radius 1 is 1.28 bits per heavy atom. The molecule has 0 heterocycles. The number of fused-ring (bicyclic) bond motifs is 1. The van der Waals surface area contributed by atoms with Gasteiger partial charge in [-0.2, -0.15) is 0 Å². The molecule has 2 aliphatic carbocycles. The maximum atomic E-state index is 12.5. The Morgan fingerprint density at radius 2 is 1.96 bits per heavy atom. The second-order valence-electron chi connectivity index (χ2n) is 7.15. The van der Waals surface area contributed by atoms with Crippen molar-refractivity contribution in [2.24, 2.45) is 11.8 Å². The van der Waals surface area contributed by atoms with Crippen molar-refractivity contribution >= 4 is 11.8 Å². The molecule has 1 aromatic carbocycles. The van der Waals surface area contributed by atoms with Crippen LogP contribution in [0.3, 0.4) is 0 Å². The maximum Gasteiger partial charge on any atom is 0.338 e. The summed E-state index contributed by atoms with van der Waals surface area (Å²) >= 11 is 0. The summed E-state index contributed by atoms with van der Waals surface area (Å²) < 4.78 is 10.7. The number of allylic oxidation sites excluding steroid dienone is 1. The number of rotatable bonds is 3. The fourth-order valence-corrected chi connectivity index (χ4v) is 3.94. The molecule has 4 atom stereocenters. The van der Waals surface area contributed by atoms with Gasteiger partial charge in [0, 0.05) is 6.42 Å². The highest BCUT2D eigenvalue weighted by Gasteiger charge is 2.56. The summed E-state index contributed by atoms with van der Waals surface area (Å²) in [6.45, 7) is 3.83. The lowest BCUT2D eigenvalue weighted by atomic mass is 9.79. The maximum absolute atomic E-state index is 12.5. The first-order chi connectivity index (χ1) is 11.8. The van der Waals surface area contributed by atoms with Crippen LogP contribution in [0.15, 0.2) is 35.9 Å². The number of hydrogen-bond acceptors (Lipinski definition) is 5. The van der Waals surface area contributed by atoms with Gasteiger partial charge in [-0.3, -0.25) is 4.79 Å². The Balaban J connectivity index is 1.86. The van der Waals surface area contributed by atoms with Gasteiger partial charge in [-0.05, 0) is 56.0 Å². The van der Waals surface area contributed by atoms with E-state index in [0.717, 1.165) is 5.57 Å². The predicted molar refractivity (Wildman–Crippen MR) is 92.4 cm³/mol. The van der Waals surface area contributed by atoms with E-state index in [1.807, 2.05) is 19.9 Å². The van der Waals surface area contributed by atoms with Crippen molar-refractivity contribution in [1.82, 2.24) is 0 Å². The van der Waals surface area contributed by atoms with E-state index in [2.05, 4.69) is 0 Å². The summed E-state index contributed by atoms with van der Waals surface area (Å²) in [5.74, 6) is -0.716. The lowest BCUT2D eigenvalue weighted by Crippen LogP contribution is -2.46. The minimum Gasteiger partial charge on any atom is -0.497 e. The highest BCUT2D eigenvalue weighted by molar-refractivity contribution is 5.91. The molecule has 0 saturated heterocycles. The molecule has 0 unspecified atom stereocenters. The third kappa shape index (κ3) is 3.21. The highest BCUT2D eigenvalue weighted by atomic mass is 16.5.